The summed E-state index contributed by atoms with van der Waals surface area (Å²) in [7, 11) is 1.67. The van der Waals surface area contributed by atoms with Crippen molar-refractivity contribution in [1.82, 2.24) is 9.47 Å². The number of nitrogens with one attached hydrogen (secondary N) is 3. The molecule has 3 amide bonds. The number of anilines is 4. The molecule has 1 aliphatic heterocycles. The first kappa shape index (κ1) is 32.5. The Bertz CT molecular complexity index is 1970. The maximum atomic E-state index is 13.3. The lowest BCUT2D eigenvalue weighted by Crippen LogP contribution is -2.41. The zero-order valence-electron chi connectivity index (χ0n) is 27.2. The Morgan fingerprint density at radius 3 is 2.42 bits per heavy atom. The molecule has 6 rings (SSSR count). The minimum absolute atomic E-state index is 0.165. The van der Waals surface area contributed by atoms with E-state index in [9.17, 15) is 19.2 Å². The molecule has 246 valence electrons. The average Bonchev–Trinajstić information content (AvgIpc) is 3.11. The zero-order chi connectivity index (χ0) is 33.8. The van der Waals surface area contributed by atoms with Gasteiger partial charge in [-0.1, -0.05) is 24.8 Å². The molecule has 48 heavy (non-hydrogen) atoms. The lowest BCUT2D eigenvalue weighted by atomic mass is 9.90. The van der Waals surface area contributed by atoms with Crippen molar-refractivity contribution in [2.45, 2.75) is 32.6 Å². The third-order valence-electron chi connectivity index (χ3n) is 8.96. The van der Waals surface area contributed by atoms with E-state index in [4.69, 9.17) is 4.74 Å². The zero-order valence-corrected chi connectivity index (χ0v) is 27.2. The molecule has 1 aromatic heterocycles. The number of amides is 3. The van der Waals surface area contributed by atoms with Crippen LogP contribution in [0.15, 0.2) is 84.3 Å². The summed E-state index contributed by atoms with van der Waals surface area (Å²) in [5.41, 5.74) is 7.52. The Balaban J connectivity index is 1.27. The number of hydrogen-bond acceptors (Lipinski definition) is 6. The lowest BCUT2D eigenvalue weighted by molar-refractivity contribution is -0.111. The van der Waals surface area contributed by atoms with Crippen molar-refractivity contribution in [3.63, 3.8) is 0 Å². The number of carbonyl (C=O) groups is 3. The summed E-state index contributed by atoms with van der Waals surface area (Å²) in [4.78, 5) is 53.9. The number of aromatic nitrogens is 1. The van der Waals surface area contributed by atoms with Crippen LogP contribution in [0.3, 0.4) is 0 Å². The van der Waals surface area contributed by atoms with Crippen LogP contribution in [0.25, 0.3) is 11.1 Å². The summed E-state index contributed by atoms with van der Waals surface area (Å²) >= 11 is 0. The van der Waals surface area contributed by atoms with Gasteiger partial charge < -0.3 is 30.2 Å². The molecule has 4 aromatic rings. The molecule has 1 fully saturated rings. The number of carbonyl (C=O) groups excluding carboxylic acids is 3. The standard InChI is InChI=1S/C38H39N5O5/c1-4-35(44)40-33-22-29(14-15-31(33)37(46)43-16-18-48-19-17-43)39-34-21-28(23-42(3)38(34)47)30-10-7-11-32(24(30)2)41-36(45)27-13-12-25-8-5-6-9-26(25)20-27/h4,7,10-15,20-23,39H,1,5-6,8-9,16-19H2,2-3H3,(H,40,44)(H,41,45). The first-order valence-electron chi connectivity index (χ1n) is 16.2. The Morgan fingerprint density at radius 2 is 1.65 bits per heavy atom. The van der Waals surface area contributed by atoms with Gasteiger partial charge in [-0.3, -0.25) is 19.2 Å². The van der Waals surface area contributed by atoms with Gasteiger partial charge in [0.1, 0.15) is 5.69 Å². The second-order valence-electron chi connectivity index (χ2n) is 12.2. The van der Waals surface area contributed by atoms with Crippen molar-refractivity contribution in [2.24, 2.45) is 7.05 Å². The summed E-state index contributed by atoms with van der Waals surface area (Å²) in [5.74, 6) is -0.854. The molecule has 0 spiro atoms. The van der Waals surface area contributed by atoms with Crippen molar-refractivity contribution in [3.8, 4) is 11.1 Å². The lowest BCUT2D eigenvalue weighted by Gasteiger charge is -2.27. The molecule has 0 saturated carbocycles. The molecule has 0 atom stereocenters. The van der Waals surface area contributed by atoms with Gasteiger partial charge in [0.05, 0.1) is 24.5 Å². The van der Waals surface area contributed by atoms with E-state index in [1.165, 1.54) is 22.1 Å². The number of hydrogen-bond donors (Lipinski definition) is 3. The third-order valence-corrected chi connectivity index (χ3v) is 8.96. The van der Waals surface area contributed by atoms with Gasteiger partial charge in [0, 0.05) is 48.8 Å². The van der Waals surface area contributed by atoms with E-state index in [-0.39, 0.29) is 17.4 Å². The fraction of sp³-hybridized carbons (Fsp3) is 0.263. The van der Waals surface area contributed by atoms with Gasteiger partial charge in [-0.25, -0.2) is 0 Å². The molecule has 1 saturated heterocycles. The van der Waals surface area contributed by atoms with Crippen molar-refractivity contribution >= 4 is 40.5 Å². The summed E-state index contributed by atoms with van der Waals surface area (Å²) < 4.78 is 6.87. The molecule has 2 aliphatic rings. The van der Waals surface area contributed by atoms with Crippen LogP contribution < -0.4 is 21.5 Å². The van der Waals surface area contributed by atoms with Gasteiger partial charge in [0.2, 0.25) is 5.91 Å². The van der Waals surface area contributed by atoms with Crippen molar-refractivity contribution < 1.29 is 19.1 Å². The number of fused-ring (bicyclic) bond motifs is 1. The summed E-state index contributed by atoms with van der Waals surface area (Å²) in [6, 6.07) is 18.4. The van der Waals surface area contributed by atoms with E-state index >= 15 is 0 Å². The van der Waals surface area contributed by atoms with E-state index in [1.54, 1.807) is 42.4 Å². The molecule has 2 heterocycles. The van der Waals surface area contributed by atoms with Crippen LogP contribution in [0, 0.1) is 6.92 Å². The SMILES string of the molecule is C=CC(=O)Nc1cc(Nc2cc(-c3cccc(NC(=O)c4ccc5c(c4)CCCC5)c3C)cn(C)c2=O)ccc1C(=O)N1CCOCC1. The maximum absolute atomic E-state index is 13.3. The number of rotatable bonds is 8. The summed E-state index contributed by atoms with van der Waals surface area (Å²) in [5, 5.41) is 9.01. The highest BCUT2D eigenvalue weighted by Gasteiger charge is 2.22. The van der Waals surface area contributed by atoms with Crippen LogP contribution in [-0.2, 0) is 29.4 Å². The Labute approximate surface area is 279 Å². The van der Waals surface area contributed by atoms with Crippen LogP contribution in [0.1, 0.15) is 50.2 Å². The van der Waals surface area contributed by atoms with E-state index in [2.05, 4.69) is 28.6 Å². The second-order valence-corrected chi connectivity index (χ2v) is 12.2. The normalized spacial score (nSPS) is 14.1. The van der Waals surface area contributed by atoms with Crippen LogP contribution in [0.2, 0.25) is 0 Å². The first-order chi connectivity index (χ1) is 23.2. The Kier molecular flexibility index (Phi) is 9.54. The van der Waals surface area contributed by atoms with E-state index in [1.807, 2.05) is 37.3 Å². The van der Waals surface area contributed by atoms with Gasteiger partial charge >= 0.3 is 0 Å². The fourth-order valence-corrected chi connectivity index (χ4v) is 6.29. The number of morpholine rings is 1. The molecule has 3 aromatic carbocycles. The monoisotopic (exact) mass is 645 g/mol. The van der Waals surface area contributed by atoms with E-state index < -0.39 is 5.91 Å². The molecular formula is C38H39N5O5. The highest BCUT2D eigenvalue weighted by atomic mass is 16.5. The topological polar surface area (TPSA) is 122 Å². The number of ether oxygens (including phenoxy) is 1. The minimum atomic E-state index is -0.463. The minimum Gasteiger partial charge on any atom is -0.378 e. The van der Waals surface area contributed by atoms with Crippen molar-refractivity contribution in [3.05, 3.63) is 118 Å². The molecule has 0 bridgehead atoms. The molecule has 0 radical (unpaired) electrons. The molecule has 10 heteroatoms. The Hall–Kier alpha value is -5.48. The van der Waals surface area contributed by atoms with E-state index in [0.29, 0.717) is 60.2 Å². The number of nitrogens with zero attached hydrogens (tertiary/aromatic N) is 2. The third kappa shape index (κ3) is 6.94. The highest BCUT2D eigenvalue weighted by Crippen LogP contribution is 2.31. The predicted molar refractivity (Wildman–Crippen MR) is 188 cm³/mol. The fourth-order valence-electron chi connectivity index (χ4n) is 6.29. The van der Waals surface area contributed by atoms with Gasteiger partial charge in [0.25, 0.3) is 17.4 Å². The molecule has 3 N–H and O–H groups in total. The smallest absolute Gasteiger partial charge is 0.274 e. The van der Waals surface area contributed by atoms with E-state index in [0.717, 1.165) is 42.0 Å². The molecular weight excluding hydrogens is 606 g/mol. The predicted octanol–water partition coefficient (Wildman–Crippen LogP) is 5.83. The Morgan fingerprint density at radius 1 is 0.875 bits per heavy atom. The number of aryl methyl sites for hydroxylation is 3. The van der Waals surface area contributed by atoms with Gasteiger partial charge in [0.15, 0.2) is 0 Å². The molecule has 10 nitrogen and oxygen atoms in total. The summed E-state index contributed by atoms with van der Waals surface area (Å²) in [6.45, 7) is 7.26. The van der Waals surface area contributed by atoms with Crippen LogP contribution in [-0.4, -0.2) is 53.5 Å². The van der Waals surface area contributed by atoms with Gasteiger partial charge in [-0.2, -0.15) is 0 Å². The average molecular weight is 646 g/mol. The highest BCUT2D eigenvalue weighted by molar-refractivity contribution is 6.07. The van der Waals surface area contributed by atoms with Crippen molar-refractivity contribution in [2.75, 3.05) is 42.3 Å². The van der Waals surface area contributed by atoms with Crippen molar-refractivity contribution in [1.29, 1.82) is 0 Å². The number of benzene rings is 3. The first-order valence-corrected chi connectivity index (χ1v) is 16.2. The van der Waals surface area contributed by atoms with Gasteiger partial charge in [-0.15, -0.1) is 0 Å². The maximum Gasteiger partial charge on any atom is 0.274 e. The molecule has 1 aliphatic carbocycles. The number of pyridine rings is 1. The van der Waals surface area contributed by atoms with Crippen LogP contribution in [0.5, 0.6) is 0 Å². The van der Waals surface area contributed by atoms with Crippen LogP contribution in [0.4, 0.5) is 22.7 Å². The largest absolute Gasteiger partial charge is 0.378 e. The second kappa shape index (κ2) is 14.1. The van der Waals surface area contributed by atoms with Crippen LogP contribution >= 0.6 is 0 Å². The summed E-state index contributed by atoms with van der Waals surface area (Å²) in [6.07, 6.45) is 7.27. The molecule has 0 unspecified atom stereocenters. The quantitative estimate of drug-likeness (QED) is 0.207. The van der Waals surface area contributed by atoms with Gasteiger partial charge in [-0.05, 0) is 103 Å².